The molecule has 0 saturated heterocycles. The Hall–Kier alpha value is -2.22. The lowest BCUT2D eigenvalue weighted by Gasteiger charge is -2.05. The Bertz CT molecular complexity index is 747. The molecule has 0 aliphatic heterocycles. The summed E-state index contributed by atoms with van der Waals surface area (Å²) in [6.07, 6.45) is 1.34. The molecule has 7 nitrogen and oxygen atoms in total. The Morgan fingerprint density at radius 2 is 2.15 bits per heavy atom. The van der Waals surface area contributed by atoms with Crippen molar-refractivity contribution in [2.45, 2.75) is 20.4 Å². The average Bonchev–Trinajstić information content (AvgIpc) is 2.67. The van der Waals surface area contributed by atoms with Gasteiger partial charge in [0.15, 0.2) is 0 Å². The van der Waals surface area contributed by atoms with E-state index in [0.717, 1.165) is 10.4 Å². The van der Waals surface area contributed by atoms with Crippen molar-refractivity contribution in [2.24, 2.45) is 5.73 Å². The number of nitrogens with two attached hydrogens (primary N) is 1. The molecule has 0 saturated carbocycles. The lowest BCUT2D eigenvalue weighted by atomic mass is 10.2. The molecule has 0 radical (unpaired) electrons. The third-order valence-electron chi connectivity index (χ3n) is 2.93. The number of primary amides is 1. The third-order valence-corrected chi connectivity index (χ3v) is 4.04. The van der Waals surface area contributed by atoms with E-state index in [1.165, 1.54) is 22.2 Å². The minimum absolute atomic E-state index is 0.191. The number of aromatic nitrogens is 2. The number of aryl methyl sites for hydroxylation is 2. The largest absolute Gasteiger partial charge is 0.368 e. The summed E-state index contributed by atoms with van der Waals surface area (Å²) < 4.78 is 1.22. The molecule has 3 N–H and O–H groups in total. The van der Waals surface area contributed by atoms with Gasteiger partial charge in [-0.15, -0.1) is 11.3 Å². The molecule has 0 spiro atoms. The monoisotopic (exact) mass is 294 g/mol. The number of nitrogens with zero attached hydrogens (tertiary/aromatic N) is 2. The molecule has 0 unspecified atom stereocenters. The van der Waals surface area contributed by atoms with E-state index in [2.05, 4.69) is 10.3 Å². The molecular formula is C12H14N4O3S. The minimum atomic E-state index is -0.636. The normalized spacial score (nSPS) is 10.7. The van der Waals surface area contributed by atoms with Gasteiger partial charge in [-0.25, -0.2) is 4.98 Å². The van der Waals surface area contributed by atoms with Gasteiger partial charge in [-0.2, -0.15) is 0 Å². The van der Waals surface area contributed by atoms with Gasteiger partial charge in [0.2, 0.25) is 11.8 Å². The van der Waals surface area contributed by atoms with E-state index >= 15 is 0 Å². The minimum Gasteiger partial charge on any atom is -0.368 e. The van der Waals surface area contributed by atoms with Crippen molar-refractivity contribution < 1.29 is 9.59 Å². The molecular weight excluding hydrogens is 280 g/mol. The summed E-state index contributed by atoms with van der Waals surface area (Å²) in [5, 5.41) is 2.87. The van der Waals surface area contributed by atoms with Crippen molar-refractivity contribution in [1.29, 1.82) is 0 Å². The summed E-state index contributed by atoms with van der Waals surface area (Å²) in [4.78, 5) is 40.3. The van der Waals surface area contributed by atoms with Gasteiger partial charge in [0, 0.05) is 4.88 Å². The van der Waals surface area contributed by atoms with Crippen LogP contribution in [0.25, 0.3) is 10.2 Å². The molecule has 0 fully saturated rings. The number of amides is 2. The maximum absolute atomic E-state index is 12.3. The van der Waals surface area contributed by atoms with Crippen molar-refractivity contribution >= 4 is 33.4 Å². The Morgan fingerprint density at radius 3 is 2.80 bits per heavy atom. The Kier molecular flexibility index (Phi) is 3.84. The molecule has 106 valence electrons. The van der Waals surface area contributed by atoms with Crippen molar-refractivity contribution in [1.82, 2.24) is 14.9 Å². The zero-order chi connectivity index (χ0) is 14.9. The summed E-state index contributed by atoms with van der Waals surface area (Å²) >= 11 is 1.45. The van der Waals surface area contributed by atoms with Crippen LogP contribution in [0, 0.1) is 13.8 Å². The second-order valence-corrected chi connectivity index (χ2v) is 5.59. The topological polar surface area (TPSA) is 107 Å². The van der Waals surface area contributed by atoms with Crippen LogP contribution in [-0.2, 0) is 16.1 Å². The number of rotatable bonds is 4. The smallest absolute Gasteiger partial charge is 0.262 e. The highest BCUT2D eigenvalue weighted by Crippen LogP contribution is 2.25. The molecule has 2 amide bonds. The van der Waals surface area contributed by atoms with Crippen molar-refractivity contribution in [2.75, 3.05) is 6.54 Å². The lowest BCUT2D eigenvalue weighted by molar-refractivity contribution is -0.125. The van der Waals surface area contributed by atoms with Gasteiger partial charge in [-0.05, 0) is 19.4 Å². The maximum Gasteiger partial charge on any atom is 0.262 e. The average molecular weight is 294 g/mol. The van der Waals surface area contributed by atoms with E-state index in [0.29, 0.717) is 10.2 Å². The first kappa shape index (κ1) is 14.2. The van der Waals surface area contributed by atoms with Crippen LogP contribution in [0.5, 0.6) is 0 Å². The zero-order valence-corrected chi connectivity index (χ0v) is 11.9. The van der Waals surface area contributed by atoms with Gasteiger partial charge in [0.1, 0.15) is 11.4 Å². The molecule has 20 heavy (non-hydrogen) atoms. The van der Waals surface area contributed by atoms with Crippen molar-refractivity contribution in [3.05, 3.63) is 27.1 Å². The first-order chi connectivity index (χ1) is 9.40. The van der Waals surface area contributed by atoms with Crippen LogP contribution in [0.3, 0.4) is 0 Å². The van der Waals surface area contributed by atoms with Gasteiger partial charge < -0.3 is 11.1 Å². The van der Waals surface area contributed by atoms with Crippen LogP contribution in [0.15, 0.2) is 11.1 Å². The van der Waals surface area contributed by atoms with Crippen LogP contribution in [0.4, 0.5) is 0 Å². The van der Waals surface area contributed by atoms with Gasteiger partial charge in [0.25, 0.3) is 5.56 Å². The van der Waals surface area contributed by atoms with E-state index in [1.54, 1.807) is 0 Å². The van der Waals surface area contributed by atoms with Gasteiger partial charge >= 0.3 is 0 Å². The van der Waals surface area contributed by atoms with Gasteiger partial charge in [-0.3, -0.25) is 19.0 Å². The number of hydrogen-bond donors (Lipinski definition) is 2. The van der Waals surface area contributed by atoms with Crippen LogP contribution < -0.4 is 16.6 Å². The number of carbonyl (C=O) groups is 2. The standard InChI is InChI=1S/C12H14N4O3S/c1-6-7(2)20-11-10(6)12(19)16(5-15-11)4-9(18)14-3-8(13)17/h5H,3-4H2,1-2H3,(H2,13,17)(H,14,18). The summed E-state index contributed by atoms with van der Waals surface area (Å²) in [5.74, 6) is -1.10. The maximum atomic E-state index is 12.3. The summed E-state index contributed by atoms with van der Waals surface area (Å²) in [6, 6.07) is 0. The second kappa shape index (κ2) is 5.41. The Balaban J connectivity index is 2.30. The SMILES string of the molecule is Cc1sc2ncn(CC(=O)NCC(N)=O)c(=O)c2c1C. The molecule has 0 aromatic carbocycles. The third kappa shape index (κ3) is 2.69. The highest BCUT2D eigenvalue weighted by Gasteiger charge is 2.13. The number of fused-ring (bicyclic) bond motifs is 1. The van der Waals surface area contributed by atoms with E-state index in [-0.39, 0.29) is 18.6 Å². The van der Waals surface area contributed by atoms with E-state index in [1.807, 2.05) is 13.8 Å². The summed E-state index contributed by atoms with van der Waals surface area (Å²) in [5.41, 5.74) is 5.55. The van der Waals surface area contributed by atoms with Gasteiger partial charge in [0.05, 0.1) is 18.3 Å². The molecule has 8 heteroatoms. The predicted octanol–water partition coefficient (Wildman–Crippen LogP) is -0.324. The number of carbonyl (C=O) groups excluding carboxylic acids is 2. The van der Waals surface area contributed by atoms with E-state index in [4.69, 9.17) is 5.73 Å². The molecule has 0 aliphatic carbocycles. The van der Waals surface area contributed by atoms with E-state index in [9.17, 15) is 14.4 Å². The molecule has 0 atom stereocenters. The summed E-state index contributed by atoms with van der Waals surface area (Å²) in [6.45, 7) is 3.34. The number of thiophene rings is 1. The fourth-order valence-electron chi connectivity index (χ4n) is 1.78. The van der Waals surface area contributed by atoms with Crippen LogP contribution in [0.2, 0.25) is 0 Å². The van der Waals surface area contributed by atoms with Gasteiger partial charge in [-0.1, -0.05) is 0 Å². The number of nitrogens with one attached hydrogen (secondary N) is 1. The molecule has 2 aromatic rings. The Morgan fingerprint density at radius 1 is 1.45 bits per heavy atom. The van der Waals surface area contributed by atoms with Crippen LogP contribution >= 0.6 is 11.3 Å². The Labute approximate surface area is 118 Å². The summed E-state index contributed by atoms with van der Waals surface area (Å²) in [7, 11) is 0. The number of hydrogen-bond acceptors (Lipinski definition) is 5. The van der Waals surface area contributed by atoms with Crippen LogP contribution in [0.1, 0.15) is 10.4 Å². The zero-order valence-electron chi connectivity index (χ0n) is 11.1. The first-order valence-electron chi connectivity index (χ1n) is 5.90. The van der Waals surface area contributed by atoms with Crippen molar-refractivity contribution in [3.8, 4) is 0 Å². The highest BCUT2D eigenvalue weighted by atomic mass is 32.1. The van der Waals surface area contributed by atoms with E-state index < -0.39 is 11.8 Å². The quantitative estimate of drug-likeness (QED) is 0.805. The van der Waals surface area contributed by atoms with Crippen molar-refractivity contribution in [3.63, 3.8) is 0 Å². The fraction of sp³-hybridized carbons (Fsp3) is 0.333. The highest BCUT2D eigenvalue weighted by molar-refractivity contribution is 7.18. The fourth-order valence-corrected chi connectivity index (χ4v) is 2.77. The molecule has 2 rings (SSSR count). The van der Waals surface area contributed by atoms with Crippen LogP contribution in [-0.4, -0.2) is 27.9 Å². The molecule has 2 heterocycles. The second-order valence-electron chi connectivity index (χ2n) is 4.38. The lowest BCUT2D eigenvalue weighted by Crippen LogP contribution is -2.37. The predicted molar refractivity (Wildman–Crippen MR) is 75.6 cm³/mol. The molecule has 0 aliphatic rings. The first-order valence-corrected chi connectivity index (χ1v) is 6.72. The molecule has 2 aromatic heterocycles. The molecule has 0 bridgehead atoms.